The normalized spacial score (nSPS) is 18.8. The van der Waals surface area contributed by atoms with E-state index in [1.54, 1.807) is 6.92 Å². The zero-order valence-corrected chi connectivity index (χ0v) is 46.0. The van der Waals surface area contributed by atoms with Gasteiger partial charge in [0.1, 0.15) is 49.1 Å². The van der Waals surface area contributed by atoms with Crippen molar-refractivity contribution >= 4 is 41.4 Å². The molecule has 1 heterocycles. The van der Waals surface area contributed by atoms with Crippen molar-refractivity contribution in [2.24, 2.45) is 11.7 Å². The van der Waals surface area contributed by atoms with Crippen LogP contribution in [0.3, 0.4) is 0 Å². The number of ether oxygens (including phenoxy) is 2. The van der Waals surface area contributed by atoms with Crippen molar-refractivity contribution in [3.63, 3.8) is 0 Å². The highest BCUT2D eigenvalue weighted by atomic mass is 16.6. The maximum absolute atomic E-state index is 13.5. The Morgan fingerprint density at radius 3 is 1.50 bits per heavy atom. The first-order valence-corrected chi connectivity index (χ1v) is 28.8. The lowest BCUT2D eigenvalue weighted by molar-refractivity contribution is -0.261. The van der Waals surface area contributed by atoms with Crippen molar-refractivity contribution in [2.75, 3.05) is 19.8 Å². The van der Waals surface area contributed by atoms with E-state index in [1.807, 2.05) is 0 Å². The quantitative estimate of drug-likeness (QED) is 0.0302. The molecule has 1 unspecified atom stereocenters. The van der Waals surface area contributed by atoms with Crippen molar-refractivity contribution in [2.45, 2.75) is 282 Å². The summed E-state index contributed by atoms with van der Waals surface area (Å²) in [6.45, 7) is 6.18. The van der Waals surface area contributed by atoms with Crippen LogP contribution in [0.2, 0.25) is 0 Å². The molecule has 0 aromatic rings. The predicted octanol–water partition coefficient (Wildman–Crippen LogP) is 6.25. The Kier molecular flexibility index (Phi) is 39.8. The third kappa shape index (κ3) is 31.9. The number of unbranched alkanes of at least 4 members (excludes halogenated alkanes) is 23. The van der Waals surface area contributed by atoms with Crippen molar-refractivity contribution in [1.29, 1.82) is 0 Å². The molecular weight excluding hydrogens is 953 g/mol. The summed E-state index contributed by atoms with van der Waals surface area (Å²) in [6, 6.07) is -5.07. The van der Waals surface area contributed by atoms with Gasteiger partial charge < -0.3 is 62.2 Å². The van der Waals surface area contributed by atoms with Gasteiger partial charge in [0.05, 0.1) is 6.61 Å². The minimum absolute atomic E-state index is 0.0458. The highest BCUT2D eigenvalue weighted by molar-refractivity contribution is 5.92. The SMILES string of the molecule is CCCCCCCCCCCCCCC(CCCCCCCCCCCCCC)C(=O)NCCCC[C@H](NC(=O)CC[C@@H](NC(=O)[C@H](CC)NC(=O)CO[C@H]1[C@H](O)[C@@H](CO)OC(O)[C@@H]1NC(C)=O)C(N)=O)C(=O)O. The first kappa shape index (κ1) is 68.1. The van der Waals surface area contributed by atoms with Crippen LogP contribution in [0.15, 0.2) is 0 Å². The summed E-state index contributed by atoms with van der Waals surface area (Å²) in [5.41, 5.74) is 5.54. The van der Waals surface area contributed by atoms with Gasteiger partial charge in [0.2, 0.25) is 35.4 Å². The minimum atomic E-state index is -1.68. The number of primary amides is 1. The van der Waals surface area contributed by atoms with Crippen LogP contribution >= 0.6 is 0 Å². The minimum Gasteiger partial charge on any atom is -0.480 e. The molecule has 19 heteroatoms. The number of hydrogen-bond donors (Lipinski definition) is 10. The summed E-state index contributed by atoms with van der Waals surface area (Å²) in [5, 5.41) is 53.2. The Morgan fingerprint density at radius 2 is 1.05 bits per heavy atom. The monoisotopic (exact) mass is 1050 g/mol. The third-order valence-electron chi connectivity index (χ3n) is 14.1. The molecule has 0 aromatic carbocycles. The average Bonchev–Trinajstić information content (AvgIpc) is 3.36. The fraction of sp³-hybridized carbons (Fsp3) is 0.873. The van der Waals surface area contributed by atoms with Gasteiger partial charge >= 0.3 is 5.97 Å². The summed E-state index contributed by atoms with van der Waals surface area (Å²) < 4.78 is 10.6. The molecule has 1 saturated heterocycles. The molecule has 0 radical (unpaired) electrons. The van der Waals surface area contributed by atoms with Gasteiger partial charge in [-0.25, -0.2) is 4.79 Å². The van der Waals surface area contributed by atoms with Gasteiger partial charge in [-0.3, -0.25) is 28.8 Å². The number of carbonyl (C=O) groups is 7. The van der Waals surface area contributed by atoms with Crippen LogP contribution in [0.1, 0.15) is 233 Å². The molecule has 1 aliphatic rings. The number of nitrogens with two attached hydrogens (primary N) is 1. The summed E-state index contributed by atoms with van der Waals surface area (Å²) >= 11 is 0. The van der Waals surface area contributed by atoms with E-state index >= 15 is 0 Å². The Bertz CT molecular complexity index is 1530. The van der Waals surface area contributed by atoms with Gasteiger partial charge in [0, 0.05) is 25.8 Å². The predicted molar refractivity (Wildman–Crippen MR) is 285 cm³/mol. The Labute approximate surface area is 443 Å². The fourth-order valence-electron chi connectivity index (χ4n) is 9.49. The highest BCUT2D eigenvalue weighted by Gasteiger charge is 2.46. The van der Waals surface area contributed by atoms with E-state index in [4.69, 9.17) is 15.2 Å². The lowest BCUT2D eigenvalue weighted by Gasteiger charge is -2.42. The van der Waals surface area contributed by atoms with E-state index in [9.17, 15) is 54.0 Å². The van der Waals surface area contributed by atoms with Crippen molar-refractivity contribution in [1.82, 2.24) is 26.6 Å². The molecule has 1 aliphatic heterocycles. The number of carbonyl (C=O) groups excluding carboxylic acids is 6. The lowest BCUT2D eigenvalue weighted by Crippen LogP contribution is -2.65. The molecule has 1 fully saturated rings. The Morgan fingerprint density at radius 1 is 0.581 bits per heavy atom. The van der Waals surface area contributed by atoms with Gasteiger partial charge in [-0.1, -0.05) is 175 Å². The zero-order chi connectivity index (χ0) is 54.9. The number of carboxylic acid groups (broad SMARTS) is 1. The second kappa shape index (κ2) is 43.2. The van der Waals surface area contributed by atoms with Crippen LogP contribution in [-0.4, -0.2) is 130 Å². The number of hydrogen-bond acceptors (Lipinski definition) is 12. The lowest BCUT2D eigenvalue weighted by atomic mass is 9.93. The second-order valence-corrected chi connectivity index (χ2v) is 20.6. The summed E-state index contributed by atoms with van der Waals surface area (Å²) in [7, 11) is 0. The molecule has 11 N–H and O–H groups in total. The molecule has 0 bridgehead atoms. The second-order valence-electron chi connectivity index (χ2n) is 20.6. The van der Waals surface area contributed by atoms with Gasteiger partial charge in [-0.05, 0) is 44.9 Å². The van der Waals surface area contributed by atoms with E-state index in [1.165, 1.54) is 128 Å². The molecule has 0 spiro atoms. The number of aliphatic hydroxyl groups excluding tert-OH is 3. The smallest absolute Gasteiger partial charge is 0.326 e. The van der Waals surface area contributed by atoms with Crippen LogP contribution in [0.4, 0.5) is 0 Å². The zero-order valence-electron chi connectivity index (χ0n) is 46.0. The molecule has 8 atom stereocenters. The van der Waals surface area contributed by atoms with Crippen LogP contribution in [-0.2, 0) is 43.0 Å². The topological polar surface area (TPSA) is 305 Å². The summed E-state index contributed by atoms with van der Waals surface area (Å²) in [6.07, 6.45) is 26.7. The molecule has 6 amide bonds. The van der Waals surface area contributed by atoms with Crippen molar-refractivity contribution in [3.05, 3.63) is 0 Å². The molecule has 0 saturated carbocycles. The van der Waals surface area contributed by atoms with Gasteiger partial charge in [0.15, 0.2) is 6.29 Å². The number of aliphatic hydroxyl groups is 3. The molecule has 1 rings (SSSR count). The number of carboxylic acids is 1. The number of rotatable bonds is 47. The van der Waals surface area contributed by atoms with Crippen LogP contribution in [0, 0.1) is 5.92 Å². The highest BCUT2D eigenvalue weighted by Crippen LogP contribution is 2.24. The molecular formula is C55H102N6O13. The first-order chi connectivity index (χ1) is 35.6. The maximum atomic E-state index is 13.5. The molecule has 0 aliphatic carbocycles. The van der Waals surface area contributed by atoms with E-state index < -0.39 is 97.5 Å². The fourth-order valence-corrected chi connectivity index (χ4v) is 9.49. The van der Waals surface area contributed by atoms with Crippen molar-refractivity contribution < 1.29 is 63.5 Å². The van der Waals surface area contributed by atoms with E-state index in [2.05, 4.69) is 40.4 Å². The summed E-state index contributed by atoms with van der Waals surface area (Å²) in [5.74, 6) is -5.10. The van der Waals surface area contributed by atoms with E-state index in [0.717, 1.165) is 45.4 Å². The van der Waals surface area contributed by atoms with Gasteiger partial charge in [0.25, 0.3) is 0 Å². The Balaban J connectivity index is 2.61. The van der Waals surface area contributed by atoms with Gasteiger partial charge in [-0.15, -0.1) is 0 Å². The number of nitrogens with one attached hydrogen (secondary N) is 5. The summed E-state index contributed by atoms with van der Waals surface area (Å²) in [4.78, 5) is 88.6. The standard InChI is InChI=1S/C55H102N6O13/c1-5-8-10-12-14-16-18-20-22-24-26-28-32-41(33-29-27-25-23-21-19-17-15-13-11-9-6-2)52(68)57-37-31-30-34-44(54(70)71)60-46(64)36-35-43(51(56)67)61-53(69)42(7-3)59-47(65)39-73-50-48(58-40(4)63)55(72)74-45(38-62)49(50)66/h41-45,48-50,55,62,66,72H,5-39H2,1-4H3,(H2,56,67)(H,57,68)(H,58,63)(H,59,65)(H,60,64)(H,61,69)(H,70,71)/t42-,43+,44-,45+,48+,49+,50+,55?/m0/s1. The number of amides is 6. The maximum Gasteiger partial charge on any atom is 0.326 e. The van der Waals surface area contributed by atoms with Crippen LogP contribution < -0.4 is 32.3 Å². The van der Waals surface area contributed by atoms with Crippen molar-refractivity contribution in [3.8, 4) is 0 Å². The molecule has 19 nitrogen and oxygen atoms in total. The molecule has 430 valence electrons. The third-order valence-corrected chi connectivity index (χ3v) is 14.1. The van der Waals surface area contributed by atoms with E-state index in [-0.39, 0.29) is 37.5 Å². The van der Waals surface area contributed by atoms with Crippen LogP contribution in [0.5, 0.6) is 0 Å². The average molecular weight is 1060 g/mol. The van der Waals surface area contributed by atoms with Gasteiger partial charge in [-0.2, -0.15) is 0 Å². The first-order valence-electron chi connectivity index (χ1n) is 28.8. The largest absolute Gasteiger partial charge is 0.480 e. The molecule has 0 aromatic heterocycles. The van der Waals surface area contributed by atoms with E-state index in [0.29, 0.717) is 19.4 Å². The van der Waals surface area contributed by atoms with Crippen LogP contribution in [0.25, 0.3) is 0 Å². The molecule has 74 heavy (non-hydrogen) atoms. The Hall–Kier alpha value is -3.91. The number of aliphatic carboxylic acids is 1.